The van der Waals surface area contributed by atoms with Gasteiger partial charge in [0.15, 0.2) is 0 Å². The molecule has 4 aromatic rings. The third-order valence-electron chi connectivity index (χ3n) is 4.97. The zero-order valence-electron chi connectivity index (χ0n) is 14.4. The maximum atomic E-state index is 4.88. The minimum absolute atomic E-state index is 0.921. The average molecular weight is 341 g/mol. The summed E-state index contributed by atoms with van der Waals surface area (Å²) in [6.45, 7) is 3.72. The molecule has 2 aromatic carbocycles. The van der Waals surface area contributed by atoms with Crippen LogP contribution in [-0.4, -0.2) is 41.1 Å². The molecule has 0 unspecified atom stereocenters. The summed E-state index contributed by atoms with van der Waals surface area (Å²) in [5, 5.41) is 2.40. The molecule has 1 aliphatic heterocycles. The molecule has 3 heterocycles. The van der Waals surface area contributed by atoms with Gasteiger partial charge in [0.25, 0.3) is 0 Å². The van der Waals surface area contributed by atoms with Gasteiger partial charge in [0.2, 0.25) is 0 Å². The molecule has 0 saturated carbocycles. The highest BCUT2D eigenvalue weighted by atomic mass is 15.3. The lowest BCUT2D eigenvalue weighted by atomic mass is 10.1. The molecule has 5 heteroatoms. The van der Waals surface area contributed by atoms with Crippen molar-refractivity contribution < 1.29 is 0 Å². The quantitative estimate of drug-likeness (QED) is 0.522. The van der Waals surface area contributed by atoms with E-state index in [9.17, 15) is 0 Å². The fourth-order valence-corrected chi connectivity index (χ4v) is 3.55. The summed E-state index contributed by atoms with van der Waals surface area (Å²) in [4.78, 5) is 18.6. The highest BCUT2D eigenvalue weighted by Crippen LogP contribution is 2.23. The molecule has 26 heavy (non-hydrogen) atoms. The van der Waals surface area contributed by atoms with Crippen LogP contribution < -0.4 is 9.80 Å². The van der Waals surface area contributed by atoms with E-state index in [1.54, 1.807) is 0 Å². The number of fused-ring (bicyclic) bond motifs is 2. The normalized spacial score (nSPS) is 14.9. The van der Waals surface area contributed by atoms with Crippen molar-refractivity contribution in [3.05, 3.63) is 67.0 Å². The second-order valence-corrected chi connectivity index (χ2v) is 6.58. The molecule has 5 nitrogen and oxygen atoms in total. The number of hydrogen-bond acceptors (Lipinski definition) is 5. The first-order chi connectivity index (χ1) is 12.9. The van der Waals surface area contributed by atoms with Crippen LogP contribution in [0, 0.1) is 0 Å². The number of pyridine rings is 1. The molecule has 1 fully saturated rings. The van der Waals surface area contributed by atoms with Gasteiger partial charge in [-0.05, 0) is 35.0 Å². The number of aromatic nitrogens is 3. The molecule has 0 radical (unpaired) electrons. The first-order valence-electron chi connectivity index (χ1n) is 8.93. The van der Waals surface area contributed by atoms with Gasteiger partial charge < -0.3 is 9.80 Å². The van der Waals surface area contributed by atoms with Crippen molar-refractivity contribution in [2.75, 3.05) is 36.0 Å². The Morgan fingerprint density at radius 2 is 1.31 bits per heavy atom. The van der Waals surface area contributed by atoms with Crippen molar-refractivity contribution in [2.24, 2.45) is 0 Å². The number of nitrogens with zero attached hydrogens (tertiary/aromatic N) is 5. The monoisotopic (exact) mass is 341 g/mol. The van der Waals surface area contributed by atoms with Crippen molar-refractivity contribution in [1.82, 2.24) is 15.0 Å². The fraction of sp³-hybridized carbons (Fsp3) is 0.190. The van der Waals surface area contributed by atoms with Crippen LogP contribution in [0.3, 0.4) is 0 Å². The van der Waals surface area contributed by atoms with Crippen LogP contribution in [0.1, 0.15) is 0 Å². The molecule has 1 aliphatic rings. The van der Waals surface area contributed by atoms with E-state index in [0.29, 0.717) is 0 Å². The average Bonchev–Trinajstić information content (AvgIpc) is 2.72. The minimum Gasteiger partial charge on any atom is -0.353 e. The smallest absolute Gasteiger partial charge is 0.147 e. The first kappa shape index (κ1) is 15.1. The SMILES string of the molecule is c1ccc(N2CCN(c3cnc4cc5ccccc5cc4n3)CC2)nc1. The third-order valence-corrected chi connectivity index (χ3v) is 4.97. The van der Waals surface area contributed by atoms with Crippen LogP contribution in [-0.2, 0) is 0 Å². The van der Waals surface area contributed by atoms with Gasteiger partial charge in [0.05, 0.1) is 17.2 Å². The van der Waals surface area contributed by atoms with Gasteiger partial charge in [-0.25, -0.2) is 9.97 Å². The summed E-state index contributed by atoms with van der Waals surface area (Å²) in [6, 6.07) is 18.6. The van der Waals surface area contributed by atoms with Crippen molar-refractivity contribution in [2.45, 2.75) is 0 Å². The number of hydrogen-bond donors (Lipinski definition) is 0. The molecule has 0 spiro atoms. The summed E-state index contributed by atoms with van der Waals surface area (Å²) in [7, 11) is 0. The van der Waals surface area contributed by atoms with Crippen LogP contribution in [0.15, 0.2) is 67.0 Å². The first-order valence-corrected chi connectivity index (χ1v) is 8.93. The van der Waals surface area contributed by atoms with Crippen LogP contribution >= 0.6 is 0 Å². The molecule has 128 valence electrons. The lowest BCUT2D eigenvalue weighted by molar-refractivity contribution is 0.641. The maximum absolute atomic E-state index is 4.88. The Morgan fingerprint density at radius 3 is 2.00 bits per heavy atom. The fourth-order valence-electron chi connectivity index (χ4n) is 3.55. The largest absolute Gasteiger partial charge is 0.353 e. The molecule has 2 aromatic heterocycles. The topological polar surface area (TPSA) is 45.2 Å². The van der Waals surface area contributed by atoms with Crippen LogP contribution in [0.25, 0.3) is 21.8 Å². The minimum atomic E-state index is 0.921. The molecular weight excluding hydrogens is 322 g/mol. The maximum Gasteiger partial charge on any atom is 0.147 e. The van der Waals surface area contributed by atoms with Gasteiger partial charge in [0.1, 0.15) is 11.6 Å². The Balaban J connectivity index is 1.40. The zero-order chi connectivity index (χ0) is 17.3. The number of benzene rings is 2. The molecule has 5 rings (SSSR count). The van der Waals surface area contributed by atoms with Gasteiger partial charge in [-0.2, -0.15) is 0 Å². The Morgan fingerprint density at radius 1 is 0.654 bits per heavy atom. The number of rotatable bonds is 2. The van der Waals surface area contributed by atoms with Crippen molar-refractivity contribution in [3.63, 3.8) is 0 Å². The van der Waals surface area contributed by atoms with Crippen molar-refractivity contribution in [3.8, 4) is 0 Å². The van der Waals surface area contributed by atoms with Gasteiger partial charge in [-0.3, -0.25) is 4.98 Å². The van der Waals surface area contributed by atoms with Crippen LogP contribution in [0.4, 0.5) is 11.6 Å². The molecule has 0 amide bonds. The van der Waals surface area contributed by atoms with Crippen LogP contribution in [0.2, 0.25) is 0 Å². The van der Waals surface area contributed by atoms with E-state index >= 15 is 0 Å². The van der Waals surface area contributed by atoms with E-state index < -0.39 is 0 Å². The van der Waals surface area contributed by atoms with Crippen molar-refractivity contribution >= 4 is 33.4 Å². The van der Waals surface area contributed by atoms with Gasteiger partial charge in [-0.1, -0.05) is 30.3 Å². The Hall–Kier alpha value is -3.21. The van der Waals surface area contributed by atoms with Gasteiger partial charge >= 0.3 is 0 Å². The van der Waals surface area contributed by atoms with Crippen molar-refractivity contribution in [1.29, 1.82) is 0 Å². The standard InChI is InChI=1S/C21H19N5/c1-2-6-17-14-19-18(13-16(17)5-1)23-15-21(24-19)26-11-9-25(10-12-26)20-7-3-4-8-22-20/h1-8,13-15H,9-12H2. The molecule has 0 bridgehead atoms. The number of piperazine rings is 1. The Labute approximate surface area is 151 Å². The summed E-state index contributed by atoms with van der Waals surface area (Å²) in [5.41, 5.74) is 1.90. The van der Waals surface area contributed by atoms with Crippen LogP contribution in [0.5, 0.6) is 0 Å². The molecule has 0 atom stereocenters. The third kappa shape index (κ3) is 2.71. The summed E-state index contributed by atoms with van der Waals surface area (Å²) in [5.74, 6) is 2.00. The van der Waals surface area contributed by atoms with Gasteiger partial charge in [0, 0.05) is 32.4 Å². The lowest BCUT2D eigenvalue weighted by Crippen LogP contribution is -2.47. The van der Waals surface area contributed by atoms with E-state index in [2.05, 4.69) is 62.2 Å². The summed E-state index contributed by atoms with van der Waals surface area (Å²) in [6.07, 6.45) is 3.74. The molecule has 0 aliphatic carbocycles. The molecular formula is C21H19N5. The van der Waals surface area contributed by atoms with E-state index in [1.165, 1.54) is 10.8 Å². The highest BCUT2D eigenvalue weighted by Gasteiger charge is 2.19. The van der Waals surface area contributed by atoms with E-state index in [4.69, 9.17) is 4.98 Å². The Kier molecular flexibility index (Phi) is 3.63. The lowest BCUT2D eigenvalue weighted by Gasteiger charge is -2.35. The van der Waals surface area contributed by atoms with E-state index in [1.807, 2.05) is 24.5 Å². The predicted molar refractivity (Wildman–Crippen MR) is 106 cm³/mol. The molecule has 0 N–H and O–H groups in total. The van der Waals surface area contributed by atoms with Gasteiger partial charge in [-0.15, -0.1) is 0 Å². The highest BCUT2D eigenvalue weighted by molar-refractivity contribution is 5.95. The number of anilines is 2. The van der Waals surface area contributed by atoms with E-state index in [0.717, 1.165) is 48.8 Å². The second kappa shape index (κ2) is 6.26. The zero-order valence-corrected chi connectivity index (χ0v) is 14.4. The summed E-state index contributed by atoms with van der Waals surface area (Å²) < 4.78 is 0. The van der Waals surface area contributed by atoms with E-state index in [-0.39, 0.29) is 0 Å². The molecule has 1 saturated heterocycles. The Bertz CT molecular complexity index is 1060. The summed E-state index contributed by atoms with van der Waals surface area (Å²) >= 11 is 0. The predicted octanol–water partition coefficient (Wildman–Crippen LogP) is 3.50. The second-order valence-electron chi connectivity index (χ2n) is 6.58.